The summed E-state index contributed by atoms with van der Waals surface area (Å²) in [4.78, 5) is 50.6. The third-order valence-electron chi connectivity index (χ3n) is 3.96. The van der Waals surface area contributed by atoms with E-state index in [2.05, 4.69) is 10.3 Å². The van der Waals surface area contributed by atoms with Crippen LogP contribution in [0.2, 0.25) is 0 Å². The Hall–Kier alpha value is -4.34. The Labute approximate surface area is 163 Å². The van der Waals surface area contributed by atoms with E-state index in [-0.39, 0.29) is 17.2 Å². The first kappa shape index (κ1) is 19.4. The van der Waals surface area contributed by atoms with Crippen LogP contribution in [0.5, 0.6) is 0 Å². The first-order chi connectivity index (χ1) is 13.9. The number of rotatable bonds is 6. The number of carbonyl (C=O) groups excluding carboxylic acids is 1. The smallest absolute Gasteiger partial charge is 0.323 e. The molecule has 0 unspecified atom stereocenters. The number of carboxylic acids is 1. The van der Waals surface area contributed by atoms with E-state index in [0.717, 1.165) is 10.8 Å². The summed E-state index contributed by atoms with van der Waals surface area (Å²) in [6, 6.07) is 13.3. The number of aromatic nitrogens is 2. The summed E-state index contributed by atoms with van der Waals surface area (Å²) in [7, 11) is 0. The number of aliphatic carboxylic acids is 1. The molecule has 0 radical (unpaired) electrons. The maximum atomic E-state index is 12.8. The molecule has 0 aliphatic carbocycles. The van der Waals surface area contributed by atoms with E-state index < -0.39 is 28.9 Å². The summed E-state index contributed by atoms with van der Waals surface area (Å²) in [5, 5.41) is 22.4. The monoisotopic (exact) mass is 394 g/mol. The van der Waals surface area contributed by atoms with Crippen molar-refractivity contribution in [2.24, 2.45) is 0 Å². The lowest BCUT2D eigenvalue weighted by Gasteiger charge is -2.12. The molecule has 0 spiro atoms. The molecular weight excluding hydrogens is 380 g/mol. The lowest BCUT2D eigenvalue weighted by Crippen LogP contribution is -2.30. The van der Waals surface area contributed by atoms with Gasteiger partial charge < -0.3 is 10.4 Å². The van der Waals surface area contributed by atoms with Crippen LogP contribution in [-0.2, 0) is 11.3 Å². The van der Waals surface area contributed by atoms with Gasteiger partial charge in [-0.3, -0.25) is 29.1 Å². The average Bonchev–Trinajstić information content (AvgIpc) is 2.71. The molecule has 0 fully saturated rings. The number of nitrogens with one attached hydrogen (secondary N) is 1. The Bertz CT molecular complexity index is 1140. The maximum Gasteiger partial charge on any atom is 0.323 e. The SMILES string of the molecule is O=C(O)Cn1c(-c2ccc([N+](=O)[O-])cc2)ncc(NC(=O)c2ccccc2)c1=O. The van der Waals surface area contributed by atoms with Gasteiger partial charge in [-0.2, -0.15) is 0 Å². The molecule has 3 aromatic rings. The predicted molar refractivity (Wildman–Crippen MR) is 103 cm³/mol. The molecule has 0 bridgehead atoms. The summed E-state index contributed by atoms with van der Waals surface area (Å²) >= 11 is 0. The van der Waals surface area contributed by atoms with Gasteiger partial charge in [-0.1, -0.05) is 18.2 Å². The van der Waals surface area contributed by atoms with E-state index in [1.54, 1.807) is 30.3 Å². The molecule has 10 heteroatoms. The fourth-order valence-electron chi connectivity index (χ4n) is 2.61. The molecule has 2 aromatic carbocycles. The molecule has 2 N–H and O–H groups in total. The van der Waals surface area contributed by atoms with Gasteiger partial charge in [0.15, 0.2) is 0 Å². The number of carboxylic acid groups (broad SMARTS) is 1. The summed E-state index contributed by atoms with van der Waals surface area (Å²) in [6.07, 6.45) is 1.12. The second-order valence-corrected chi connectivity index (χ2v) is 5.90. The molecule has 0 atom stereocenters. The number of amides is 1. The highest BCUT2D eigenvalue weighted by molar-refractivity contribution is 6.04. The normalized spacial score (nSPS) is 10.3. The fraction of sp³-hybridized carbons (Fsp3) is 0.0526. The van der Waals surface area contributed by atoms with Crippen molar-refractivity contribution in [3.63, 3.8) is 0 Å². The van der Waals surface area contributed by atoms with Crippen molar-refractivity contribution in [2.45, 2.75) is 6.54 Å². The molecule has 0 saturated carbocycles. The third kappa shape index (κ3) is 4.33. The lowest BCUT2D eigenvalue weighted by atomic mass is 10.2. The van der Waals surface area contributed by atoms with Crippen molar-refractivity contribution in [3.05, 3.63) is 86.8 Å². The van der Waals surface area contributed by atoms with Crippen LogP contribution in [0.25, 0.3) is 11.4 Å². The molecule has 0 aliphatic heterocycles. The molecular formula is C19H14N4O6. The van der Waals surface area contributed by atoms with Crippen LogP contribution >= 0.6 is 0 Å². The number of carbonyl (C=O) groups is 2. The van der Waals surface area contributed by atoms with Crippen molar-refractivity contribution in [2.75, 3.05) is 5.32 Å². The number of hydrogen-bond acceptors (Lipinski definition) is 6. The Morgan fingerprint density at radius 1 is 1.10 bits per heavy atom. The Kier molecular flexibility index (Phi) is 5.44. The van der Waals surface area contributed by atoms with Gasteiger partial charge in [0.05, 0.1) is 11.1 Å². The minimum absolute atomic E-state index is 0.00464. The van der Waals surface area contributed by atoms with Gasteiger partial charge in [-0.25, -0.2) is 4.98 Å². The molecule has 3 rings (SSSR count). The highest BCUT2D eigenvalue weighted by atomic mass is 16.6. The van der Waals surface area contributed by atoms with Crippen molar-refractivity contribution in [1.82, 2.24) is 9.55 Å². The van der Waals surface area contributed by atoms with Gasteiger partial charge in [0.25, 0.3) is 17.2 Å². The molecule has 0 saturated heterocycles. The number of anilines is 1. The number of nitro benzene ring substituents is 1. The summed E-state index contributed by atoms with van der Waals surface area (Å²) in [5.74, 6) is -1.83. The van der Waals surface area contributed by atoms with E-state index in [9.17, 15) is 24.5 Å². The van der Waals surface area contributed by atoms with Crippen molar-refractivity contribution >= 4 is 23.3 Å². The molecule has 29 heavy (non-hydrogen) atoms. The zero-order valence-electron chi connectivity index (χ0n) is 14.8. The minimum Gasteiger partial charge on any atom is -0.480 e. The molecule has 1 aromatic heterocycles. The molecule has 1 amide bonds. The standard InChI is InChI=1S/C19H14N4O6/c24-16(25)11-22-17(12-6-8-14(9-7-12)23(28)29)20-10-15(19(22)27)21-18(26)13-4-2-1-3-5-13/h1-10H,11H2,(H,21,26)(H,24,25). The van der Waals surface area contributed by atoms with E-state index in [1.165, 1.54) is 24.3 Å². The van der Waals surface area contributed by atoms with Gasteiger partial charge in [0.2, 0.25) is 0 Å². The van der Waals surface area contributed by atoms with Gasteiger partial charge in [0.1, 0.15) is 18.1 Å². The lowest BCUT2D eigenvalue weighted by molar-refractivity contribution is -0.384. The first-order valence-electron chi connectivity index (χ1n) is 8.29. The second kappa shape index (κ2) is 8.13. The molecule has 0 aliphatic rings. The van der Waals surface area contributed by atoms with E-state index >= 15 is 0 Å². The number of non-ortho nitro benzene ring substituents is 1. The number of nitrogens with zero attached hydrogens (tertiary/aromatic N) is 3. The fourth-order valence-corrected chi connectivity index (χ4v) is 2.61. The largest absolute Gasteiger partial charge is 0.480 e. The third-order valence-corrected chi connectivity index (χ3v) is 3.96. The van der Waals surface area contributed by atoms with E-state index in [0.29, 0.717) is 11.1 Å². The Balaban J connectivity index is 2.01. The predicted octanol–water partition coefficient (Wildman–Crippen LogP) is 2.16. The Morgan fingerprint density at radius 2 is 1.76 bits per heavy atom. The minimum atomic E-state index is -1.29. The zero-order valence-corrected chi connectivity index (χ0v) is 14.8. The molecule has 146 valence electrons. The zero-order chi connectivity index (χ0) is 21.0. The van der Waals surface area contributed by atoms with Gasteiger partial charge >= 0.3 is 5.97 Å². The van der Waals surface area contributed by atoms with Crippen LogP contribution < -0.4 is 10.9 Å². The van der Waals surface area contributed by atoms with Crippen LogP contribution in [0.3, 0.4) is 0 Å². The highest BCUT2D eigenvalue weighted by Crippen LogP contribution is 2.20. The Morgan fingerprint density at radius 3 is 2.34 bits per heavy atom. The van der Waals surface area contributed by atoms with E-state index in [1.807, 2.05) is 0 Å². The van der Waals surface area contributed by atoms with Gasteiger partial charge in [-0.15, -0.1) is 0 Å². The number of benzene rings is 2. The molecule has 10 nitrogen and oxygen atoms in total. The summed E-state index contributed by atoms with van der Waals surface area (Å²) < 4.78 is 0.879. The first-order valence-corrected chi connectivity index (χ1v) is 8.29. The van der Waals surface area contributed by atoms with Crippen LogP contribution in [0.1, 0.15) is 10.4 Å². The second-order valence-electron chi connectivity index (χ2n) is 5.90. The van der Waals surface area contributed by atoms with Gasteiger partial charge in [0, 0.05) is 23.3 Å². The van der Waals surface area contributed by atoms with Crippen LogP contribution in [0.4, 0.5) is 11.4 Å². The molecule has 1 heterocycles. The quantitative estimate of drug-likeness (QED) is 0.481. The average molecular weight is 394 g/mol. The summed E-state index contributed by atoms with van der Waals surface area (Å²) in [5.41, 5.74) is -0.482. The van der Waals surface area contributed by atoms with Crippen molar-refractivity contribution < 1.29 is 19.6 Å². The van der Waals surface area contributed by atoms with Crippen LogP contribution in [0, 0.1) is 10.1 Å². The van der Waals surface area contributed by atoms with Crippen LogP contribution in [-0.4, -0.2) is 31.5 Å². The number of hydrogen-bond donors (Lipinski definition) is 2. The highest BCUT2D eigenvalue weighted by Gasteiger charge is 2.17. The van der Waals surface area contributed by atoms with Crippen molar-refractivity contribution in [3.8, 4) is 11.4 Å². The maximum absolute atomic E-state index is 12.8. The van der Waals surface area contributed by atoms with Crippen molar-refractivity contribution in [1.29, 1.82) is 0 Å². The van der Waals surface area contributed by atoms with E-state index in [4.69, 9.17) is 5.11 Å². The number of nitro groups is 1. The summed E-state index contributed by atoms with van der Waals surface area (Å²) in [6.45, 7) is -0.701. The van der Waals surface area contributed by atoms with Gasteiger partial charge in [-0.05, 0) is 24.3 Å². The van der Waals surface area contributed by atoms with Crippen LogP contribution in [0.15, 0.2) is 65.6 Å². The topological polar surface area (TPSA) is 144 Å².